The predicted molar refractivity (Wildman–Crippen MR) is 61.1 cm³/mol. The molecular weight excluding hydrogens is 243 g/mol. The van der Waals surface area contributed by atoms with Crippen LogP contribution in [0.15, 0.2) is 27.9 Å². The molecule has 0 bridgehead atoms. The summed E-state index contributed by atoms with van der Waals surface area (Å²) in [5.41, 5.74) is -0.866. The van der Waals surface area contributed by atoms with Crippen LogP contribution < -0.4 is 11.2 Å². The van der Waals surface area contributed by atoms with Crippen LogP contribution >= 0.6 is 0 Å². The van der Waals surface area contributed by atoms with Crippen molar-refractivity contribution in [2.45, 2.75) is 25.4 Å². The number of halogens is 1. The lowest BCUT2D eigenvalue weighted by atomic mass is 10.1. The average Bonchev–Trinajstić information content (AvgIpc) is 2.61. The Morgan fingerprint density at radius 2 is 2.28 bits per heavy atom. The Balaban J connectivity index is 2.45. The number of H-pyrrole nitrogens is 1. The quantitative estimate of drug-likeness (QED) is 0.707. The Morgan fingerprint density at radius 3 is 2.83 bits per heavy atom. The lowest BCUT2D eigenvalue weighted by Crippen LogP contribution is -2.33. The third-order valence-electron chi connectivity index (χ3n) is 2.88. The van der Waals surface area contributed by atoms with E-state index in [0.29, 0.717) is 5.56 Å². The molecule has 3 atom stereocenters. The zero-order valence-corrected chi connectivity index (χ0v) is 9.72. The Bertz CT molecular complexity index is 591. The van der Waals surface area contributed by atoms with Crippen molar-refractivity contribution in [1.29, 1.82) is 0 Å². The van der Waals surface area contributed by atoms with E-state index >= 15 is 0 Å². The summed E-state index contributed by atoms with van der Waals surface area (Å²) in [6.07, 6.45) is -2.32. The van der Waals surface area contributed by atoms with Gasteiger partial charge in [-0.3, -0.25) is 14.3 Å². The summed E-state index contributed by atoms with van der Waals surface area (Å²) in [6.45, 7) is 4.53. The van der Waals surface area contributed by atoms with Crippen molar-refractivity contribution in [3.63, 3.8) is 0 Å². The molecule has 0 spiro atoms. The largest absolute Gasteiger partial charge is 0.394 e. The van der Waals surface area contributed by atoms with Gasteiger partial charge >= 0.3 is 5.69 Å². The van der Waals surface area contributed by atoms with Crippen LogP contribution in [0.4, 0.5) is 4.39 Å². The molecule has 6 nitrogen and oxygen atoms in total. The fourth-order valence-electron chi connectivity index (χ4n) is 1.84. The Morgan fingerprint density at radius 1 is 1.61 bits per heavy atom. The first-order valence-electron chi connectivity index (χ1n) is 5.37. The molecule has 1 aromatic heterocycles. The first-order valence-corrected chi connectivity index (χ1v) is 5.37. The van der Waals surface area contributed by atoms with Crippen LogP contribution in [0.1, 0.15) is 11.8 Å². The maximum atomic E-state index is 13.7. The van der Waals surface area contributed by atoms with E-state index in [1.165, 1.54) is 13.1 Å². The minimum absolute atomic E-state index is 0.0441. The third kappa shape index (κ3) is 1.91. The zero-order valence-electron chi connectivity index (χ0n) is 9.72. The van der Waals surface area contributed by atoms with Gasteiger partial charge in [0.2, 0.25) is 0 Å². The third-order valence-corrected chi connectivity index (χ3v) is 2.88. The number of alkyl halides is 1. The number of ether oxygens (including phenoxy) is 1. The van der Waals surface area contributed by atoms with Gasteiger partial charge in [0.15, 0.2) is 12.4 Å². The fourth-order valence-corrected chi connectivity index (χ4v) is 1.84. The smallest absolute Gasteiger partial charge is 0.330 e. The van der Waals surface area contributed by atoms with Crippen molar-refractivity contribution in [2.75, 3.05) is 6.61 Å². The summed E-state index contributed by atoms with van der Waals surface area (Å²) in [6, 6.07) is 0. The van der Waals surface area contributed by atoms with Crippen molar-refractivity contribution >= 4 is 0 Å². The van der Waals surface area contributed by atoms with E-state index in [-0.39, 0.29) is 5.57 Å². The Hall–Kier alpha value is -1.73. The summed E-state index contributed by atoms with van der Waals surface area (Å²) >= 11 is 0. The molecule has 2 N–H and O–H groups in total. The van der Waals surface area contributed by atoms with E-state index in [1.54, 1.807) is 0 Å². The van der Waals surface area contributed by atoms with E-state index in [0.717, 1.165) is 4.57 Å². The lowest BCUT2D eigenvalue weighted by molar-refractivity contribution is -0.0322. The second-order valence-electron chi connectivity index (χ2n) is 4.16. The SMILES string of the molecule is C=C1[C@H](n2cc(C)c(=O)[nH]c2=O)O[C@H](CO)[C@H]1F. The number of aromatic nitrogens is 2. The van der Waals surface area contributed by atoms with Gasteiger partial charge in [0.25, 0.3) is 5.56 Å². The molecule has 18 heavy (non-hydrogen) atoms. The first kappa shape index (κ1) is 12.7. The number of nitrogens with one attached hydrogen (secondary N) is 1. The summed E-state index contributed by atoms with van der Waals surface area (Å²) in [7, 11) is 0. The molecule has 1 aliphatic rings. The normalized spacial score (nSPS) is 27.7. The molecule has 0 amide bonds. The molecule has 0 aromatic carbocycles. The number of rotatable bonds is 2. The number of aliphatic hydroxyl groups is 1. The molecule has 2 rings (SSSR count). The predicted octanol–water partition coefficient (Wildman–Crippen LogP) is -0.371. The van der Waals surface area contributed by atoms with Crippen LogP contribution in [0.5, 0.6) is 0 Å². The summed E-state index contributed by atoms with van der Waals surface area (Å²) in [4.78, 5) is 25.0. The maximum Gasteiger partial charge on any atom is 0.330 e. The minimum Gasteiger partial charge on any atom is -0.394 e. The van der Waals surface area contributed by atoms with Crippen LogP contribution in [0.25, 0.3) is 0 Å². The molecule has 2 heterocycles. The Labute approximate surface area is 101 Å². The molecule has 7 heteroatoms. The van der Waals surface area contributed by atoms with Crippen molar-refractivity contribution in [2.24, 2.45) is 0 Å². The molecule has 0 saturated carbocycles. The van der Waals surface area contributed by atoms with Crippen LogP contribution in [-0.2, 0) is 4.74 Å². The summed E-state index contributed by atoms with van der Waals surface area (Å²) in [5, 5.41) is 8.94. The number of hydrogen-bond acceptors (Lipinski definition) is 4. The van der Waals surface area contributed by atoms with Gasteiger partial charge in [-0.1, -0.05) is 6.58 Å². The van der Waals surface area contributed by atoms with Gasteiger partial charge in [-0.05, 0) is 6.92 Å². The molecule has 1 fully saturated rings. The minimum atomic E-state index is -1.54. The van der Waals surface area contributed by atoms with Crippen molar-refractivity contribution in [1.82, 2.24) is 9.55 Å². The average molecular weight is 256 g/mol. The molecule has 0 unspecified atom stereocenters. The van der Waals surface area contributed by atoms with E-state index in [2.05, 4.69) is 11.6 Å². The molecule has 0 radical (unpaired) electrons. The van der Waals surface area contributed by atoms with E-state index in [1.807, 2.05) is 0 Å². The van der Waals surface area contributed by atoms with Crippen LogP contribution in [0.2, 0.25) is 0 Å². The fraction of sp³-hybridized carbons (Fsp3) is 0.455. The van der Waals surface area contributed by atoms with Crippen LogP contribution in [-0.4, -0.2) is 33.5 Å². The highest BCUT2D eigenvalue weighted by Gasteiger charge is 2.40. The number of aryl methyl sites for hydroxylation is 1. The highest BCUT2D eigenvalue weighted by atomic mass is 19.1. The zero-order chi connectivity index (χ0) is 13.4. The molecular formula is C11H13FN2O4. The van der Waals surface area contributed by atoms with Crippen molar-refractivity contribution in [3.8, 4) is 0 Å². The second-order valence-corrected chi connectivity index (χ2v) is 4.16. The van der Waals surface area contributed by atoms with E-state index in [4.69, 9.17) is 9.84 Å². The summed E-state index contributed by atoms with van der Waals surface area (Å²) in [5.74, 6) is 0. The topological polar surface area (TPSA) is 84.3 Å². The number of nitrogens with zero attached hydrogens (tertiary/aromatic N) is 1. The number of hydrogen-bond donors (Lipinski definition) is 2. The molecule has 98 valence electrons. The van der Waals surface area contributed by atoms with Gasteiger partial charge in [-0.15, -0.1) is 0 Å². The van der Waals surface area contributed by atoms with Gasteiger partial charge in [0.1, 0.15) is 6.10 Å². The highest BCUT2D eigenvalue weighted by Crippen LogP contribution is 2.33. The van der Waals surface area contributed by atoms with E-state index < -0.39 is 36.4 Å². The number of aliphatic hydroxyl groups excluding tert-OH is 1. The maximum absolute atomic E-state index is 13.7. The van der Waals surface area contributed by atoms with Gasteiger partial charge in [-0.2, -0.15) is 0 Å². The highest BCUT2D eigenvalue weighted by molar-refractivity contribution is 5.16. The Kier molecular flexibility index (Phi) is 3.18. The molecule has 1 aliphatic heterocycles. The monoisotopic (exact) mass is 256 g/mol. The van der Waals surface area contributed by atoms with Gasteiger partial charge in [0.05, 0.1) is 6.61 Å². The van der Waals surface area contributed by atoms with Gasteiger partial charge in [-0.25, -0.2) is 9.18 Å². The second kappa shape index (κ2) is 4.51. The lowest BCUT2D eigenvalue weighted by Gasteiger charge is -2.15. The van der Waals surface area contributed by atoms with E-state index in [9.17, 15) is 14.0 Å². The molecule has 1 aromatic rings. The van der Waals surface area contributed by atoms with Crippen LogP contribution in [0, 0.1) is 6.92 Å². The number of aromatic amines is 1. The van der Waals surface area contributed by atoms with Crippen LogP contribution in [0.3, 0.4) is 0 Å². The van der Waals surface area contributed by atoms with Gasteiger partial charge < -0.3 is 9.84 Å². The summed E-state index contributed by atoms with van der Waals surface area (Å²) < 4.78 is 19.9. The van der Waals surface area contributed by atoms with Gasteiger partial charge in [0, 0.05) is 17.3 Å². The standard InChI is InChI=1S/C11H13FN2O4/c1-5-3-14(11(17)13-9(5)16)10-6(2)8(12)7(4-15)18-10/h3,7-8,10,15H,2,4H2,1H3,(H,13,16,17)/t7-,8+,10-/m1/s1. The van der Waals surface area contributed by atoms with Crippen molar-refractivity contribution in [3.05, 3.63) is 44.8 Å². The van der Waals surface area contributed by atoms with Crippen molar-refractivity contribution < 1.29 is 14.2 Å². The first-order chi connectivity index (χ1) is 8.45. The molecule has 0 aliphatic carbocycles. The molecule has 1 saturated heterocycles.